The van der Waals surface area contributed by atoms with Gasteiger partial charge in [0.25, 0.3) is 0 Å². The van der Waals surface area contributed by atoms with Crippen molar-refractivity contribution in [2.45, 2.75) is 12.6 Å². The Morgan fingerprint density at radius 2 is 2.39 bits per heavy atom. The second-order valence-electron chi connectivity index (χ2n) is 4.33. The minimum atomic E-state index is -0.298. The lowest BCUT2D eigenvalue weighted by Gasteiger charge is -2.34. The third kappa shape index (κ3) is 3.23. The number of carbonyl (C=O) groups excluding carboxylic acids is 1. The van der Waals surface area contributed by atoms with E-state index in [0.29, 0.717) is 18.1 Å². The van der Waals surface area contributed by atoms with Gasteiger partial charge in [-0.2, -0.15) is 0 Å². The van der Waals surface area contributed by atoms with Gasteiger partial charge in [0.15, 0.2) is 0 Å². The summed E-state index contributed by atoms with van der Waals surface area (Å²) in [6.45, 7) is 2.88. The van der Waals surface area contributed by atoms with E-state index in [2.05, 4.69) is 26.1 Å². The van der Waals surface area contributed by atoms with E-state index in [-0.39, 0.29) is 11.9 Å². The quantitative estimate of drug-likeness (QED) is 0.879. The molecule has 1 fully saturated rings. The molecule has 0 saturated carbocycles. The van der Waals surface area contributed by atoms with Crippen LogP contribution in [0.5, 0.6) is 0 Å². The fourth-order valence-corrected chi connectivity index (χ4v) is 2.69. The topological polar surface area (TPSA) is 58.4 Å². The van der Waals surface area contributed by atoms with E-state index >= 15 is 0 Å². The van der Waals surface area contributed by atoms with Crippen molar-refractivity contribution >= 4 is 33.4 Å². The van der Waals surface area contributed by atoms with Gasteiger partial charge >= 0.3 is 0 Å². The van der Waals surface area contributed by atoms with Gasteiger partial charge in [-0.3, -0.25) is 9.69 Å². The Morgan fingerprint density at radius 3 is 3.11 bits per heavy atom. The molecule has 6 heteroatoms. The zero-order valence-corrected chi connectivity index (χ0v) is 12.2. The number of benzene rings is 1. The second kappa shape index (κ2) is 6.02. The van der Waals surface area contributed by atoms with E-state index in [1.807, 2.05) is 18.2 Å². The maximum absolute atomic E-state index is 11.4. The number of nitrogens with one attached hydrogen (secondary N) is 1. The van der Waals surface area contributed by atoms with Crippen molar-refractivity contribution in [1.82, 2.24) is 10.2 Å². The average molecular weight is 333 g/mol. The zero-order valence-electron chi connectivity index (χ0n) is 9.83. The van der Waals surface area contributed by atoms with Crippen LogP contribution >= 0.6 is 27.5 Å². The van der Waals surface area contributed by atoms with Gasteiger partial charge in [0.2, 0.25) is 5.91 Å². The minimum absolute atomic E-state index is 0.270. The number of hydrogen-bond donors (Lipinski definition) is 2. The van der Waals surface area contributed by atoms with Crippen molar-refractivity contribution < 1.29 is 4.79 Å². The van der Waals surface area contributed by atoms with Gasteiger partial charge in [0.05, 0.1) is 0 Å². The Bertz CT molecular complexity index is 455. The lowest BCUT2D eigenvalue weighted by atomic mass is 10.1. The normalized spacial score (nSPS) is 20.9. The number of rotatable bonds is 3. The molecule has 98 valence electrons. The summed E-state index contributed by atoms with van der Waals surface area (Å²) in [6, 6.07) is 5.45. The van der Waals surface area contributed by atoms with Crippen LogP contribution in [0.15, 0.2) is 22.7 Å². The van der Waals surface area contributed by atoms with Crippen LogP contribution in [0.1, 0.15) is 5.56 Å². The van der Waals surface area contributed by atoms with Crippen LogP contribution in [0.3, 0.4) is 0 Å². The summed E-state index contributed by atoms with van der Waals surface area (Å²) in [5, 5.41) is 3.88. The molecule has 1 atom stereocenters. The van der Waals surface area contributed by atoms with Crippen LogP contribution in [-0.2, 0) is 11.3 Å². The molecular weight excluding hydrogens is 318 g/mol. The molecule has 1 unspecified atom stereocenters. The van der Waals surface area contributed by atoms with E-state index in [9.17, 15) is 4.79 Å². The van der Waals surface area contributed by atoms with Crippen molar-refractivity contribution in [3.8, 4) is 0 Å². The number of carbonyl (C=O) groups is 1. The molecule has 1 aromatic carbocycles. The number of hydrogen-bond acceptors (Lipinski definition) is 3. The molecule has 2 rings (SSSR count). The molecular formula is C12H15BrClN3O. The molecule has 0 aliphatic carbocycles. The predicted molar refractivity (Wildman–Crippen MR) is 75.4 cm³/mol. The third-order valence-electron chi connectivity index (χ3n) is 3.06. The molecule has 1 aliphatic heterocycles. The van der Waals surface area contributed by atoms with E-state index < -0.39 is 0 Å². The number of halogens is 2. The van der Waals surface area contributed by atoms with Crippen molar-refractivity contribution in [1.29, 1.82) is 0 Å². The summed E-state index contributed by atoms with van der Waals surface area (Å²) in [5.41, 5.74) is 6.42. The molecule has 0 radical (unpaired) electrons. The van der Waals surface area contributed by atoms with Crippen LogP contribution in [0.25, 0.3) is 0 Å². The molecule has 0 bridgehead atoms. The van der Waals surface area contributed by atoms with Crippen LogP contribution in [0.2, 0.25) is 5.02 Å². The zero-order chi connectivity index (χ0) is 13.1. The number of primary amides is 1. The van der Waals surface area contributed by atoms with Gasteiger partial charge in [-0.05, 0) is 23.8 Å². The standard InChI is InChI=1S/C12H15BrClN3O/c13-9-1-2-10(14)8(5-9)7-17-4-3-16-6-11(17)12(15)18/h1-2,5,11,16H,3-4,6-7H2,(H2,15,18). The highest BCUT2D eigenvalue weighted by Crippen LogP contribution is 2.23. The average Bonchev–Trinajstić information content (AvgIpc) is 2.34. The van der Waals surface area contributed by atoms with Crippen LogP contribution < -0.4 is 11.1 Å². The predicted octanol–water partition coefficient (Wildman–Crippen LogP) is 1.36. The van der Waals surface area contributed by atoms with Crippen LogP contribution in [0.4, 0.5) is 0 Å². The molecule has 0 aromatic heterocycles. The Labute approximate surface area is 120 Å². The molecule has 1 aromatic rings. The number of amides is 1. The van der Waals surface area contributed by atoms with Crippen LogP contribution in [0, 0.1) is 0 Å². The van der Waals surface area contributed by atoms with Gasteiger partial charge in [0, 0.05) is 35.7 Å². The summed E-state index contributed by atoms with van der Waals surface area (Å²) in [6.07, 6.45) is 0. The molecule has 1 saturated heterocycles. The fraction of sp³-hybridized carbons (Fsp3) is 0.417. The summed E-state index contributed by atoms with van der Waals surface area (Å²) in [7, 11) is 0. The Hall–Kier alpha value is -0.620. The molecule has 18 heavy (non-hydrogen) atoms. The SMILES string of the molecule is NC(=O)C1CNCCN1Cc1cc(Br)ccc1Cl. The van der Waals surface area contributed by atoms with Gasteiger partial charge in [-0.15, -0.1) is 0 Å². The van der Waals surface area contributed by atoms with Gasteiger partial charge in [0.1, 0.15) is 6.04 Å². The van der Waals surface area contributed by atoms with E-state index in [0.717, 1.165) is 23.1 Å². The number of nitrogens with two attached hydrogens (primary N) is 1. The monoisotopic (exact) mass is 331 g/mol. The first kappa shape index (κ1) is 13.8. The molecule has 0 spiro atoms. The van der Waals surface area contributed by atoms with Crippen molar-refractivity contribution in [2.75, 3.05) is 19.6 Å². The summed E-state index contributed by atoms with van der Waals surface area (Å²) >= 11 is 9.59. The highest BCUT2D eigenvalue weighted by Gasteiger charge is 2.27. The van der Waals surface area contributed by atoms with E-state index in [1.54, 1.807) is 0 Å². The first-order valence-corrected chi connectivity index (χ1v) is 6.93. The highest BCUT2D eigenvalue weighted by atomic mass is 79.9. The maximum Gasteiger partial charge on any atom is 0.236 e. The largest absolute Gasteiger partial charge is 0.368 e. The molecule has 1 aliphatic rings. The van der Waals surface area contributed by atoms with Gasteiger partial charge in [-0.25, -0.2) is 0 Å². The molecule has 3 N–H and O–H groups in total. The van der Waals surface area contributed by atoms with Crippen molar-refractivity contribution in [3.63, 3.8) is 0 Å². The number of piperazine rings is 1. The fourth-order valence-electron chi connectivity index (χ4n) is 2.10. The van der Waals surface area contributed by atoms with Gasteiger partial charge < -0.3 is 11.1 Å². The summed E-state index contributed by atoms with van der Waals surface area (Å²) in [5.74, 6) is -0.298. The number of nitrogens with zero attached hydrogens (tertiary/aromatic N) is 1. The molecule has 4 nitrogen and oxygen atoms in total. The smallest absolute Gasteiger partial charge is 0.236 e. The maximum atomic E-state index is 11.4. The third-order valence-corrected chi connectivity index (χ3v) is 3.93. The van der Waals surface area contributed by atoms with Crippen molar-refractivity contribution in [3.05, 3.63) is 33.3 Å². The minimum Gasteiger partial charge on any atom is -0.368 e. The first-order chi connectivity index (χ1) is 8.58. The summed E-state index contributed by atoms with van der Waals surface area (Å²) < 4.78 is 0.979. The highest BCUT2D eigenvalue weighted by molar-refractivity contribution is 9.10. The Kier molecular flexibility index (Phi) is 4.61. The molecule has 1 amide bonds. The van der Waals surface area contributed by atoms with E-state index in [4.69, 9.17) is 17.3 Å². The lowest BCUT2D eigenvalue weighted by molar-refractivity contribution is -0.124. The van der Waals surface area contributed by atoms with Crippen LogP contribution in [-0.4, -0.2) is 36.5 Å². The molecule has 1 heterocycles. The first-order valence-electron chi connectivity index (χ1n) is 5.76. The second-order valence-corrected chi connectivity index (χ2v) is 5.65. The van der Waals surface area contributed by atoms with Gasteiger partial charge in [-0.1, -0.05) is 27.5 Å². The lowest BCUT2D eigenvalue weighted by Crippen LogP contribution is -2.56. The Balaban J connectivity index is 2.15. The summed E-state index contributed by atoms with van der Waals surface area (Å²) in [4.78, 5) is 13.5. The van der Waals surface area contributed by atoms with E-state index in [1.165, 1.54) is 0 Å². The Morgan fingerprint density at radius 1 is 1.61 bits per heavy atom. The van der Waals surface area contributed by atoms with Crippen molar-refractivity contribution in [2.24, 2.45) is 5.73 Å².